The summed E-state index contributed by atoms with van der Waals surface area (Å²) in [4.78, 5) is 14.4. The van der Waals surface area contributed by atoms with Crippen molar-refractivity contribution >= 4 is 24.6 Å². The summed E-state index contributed by atoms with van der Waals surface area (Å²) < 4.78 is 4.99. The number of carbonyl (C=O) groups is 1. The molecular weight excluding hydrogens is 228 g/mol. The van der Waals surface area contributed by atoms with Crippen LogP contribution in [0.3, 0.4) is 0 Å². The molecule has 0 heterocycles. The van der Waals surface area contributed by atoms with E-state index in [0.717, 1.165) is 0 Å². The topological polar surface area (TPSA) is 117 Å². The molecule has 0 aromatic heterocycles. The number of aliphatic imine (C=N–C) groups is 1. The van der Waals surface area contributed by atoms with Crippen molar-refractivity contribution in [2.24, 2.45) is 22.2 Å². The molecule has 94 valence electrons. The molecule has 0 saturated carbocycles. The summed E-state index contributed by atoms with van der Waals surface area (Å²) in [5, 5.41) is 0. The summed E-state index contributed by atoms with van der Waals surface area (Å²) in [6.45, 7) is 3.79. The smallest absolute Gasteiger partial charge is 0.324 e. The van der Waals surface area contributed by atoms with E-state index in [9.17, 15) is 4.79 Å². The van der Waals surface area contributed by atoms with E-state index in [1.165, 1.54) is 0 Å². The zero-order valence-electron chi connectivity index (χ0n) is 9.64. The van der Waals surface area contributed by atoms with Crippen LogP contribution in [0.5, 0.6) is 0 Å². The van der Waals surface area contributed by atoms with Crippen LogP contribution in [0.2, 0.25) is 0 Å². The molecule has 0 aliphatic carbocycles. The van der Waals surface area contributed by atoms with E-state index in [2.05, 4.69) is 17.6 Å². The molecular formula is C9H20N4O2S. The fourth-order valence-corrected chi connectivity index (χ4v) is 1.05. The predicted octanol–water partition coefficient (Wildman–Crippen LogP) is -0.424. The summed E-state index contributed by atoms with van der Waals surface area (Å²) in [5.74, 6) is -0.433. The molecule has 16 heavy (non-hydrogen) atoms. The van der Waals surface area contributed by atoms with E-state index in [-0.39, 0.29) is 5.96 Å². The lowest BCUT2D eigenvalue weighted by molar-refractivity contribution is -0.151. The van der Waals surface area contributed by atoms with Crippen LogP contribution in [0, 0.1) is 0 Å². The van der Waals surface area contributed by atoms with Crippen molar-refractivity contribution in [3.63, 3.8) is 0 Å². The molecule has 6 N–H and O–H groups in total. The normalized spacial score (nSPS) is 13.0. The lowest BCUT2D eigenvalue weighted by Crippen LogP contribution is -2.36. The molecule has 0 aliphatic rings. The Labute approximate surface area is 101 Å². The molecule has 0 saturated heterocycles. The third-order valence-corrected chi connectivity index (χ3v) is 1.71. The second-order valence-corrected chi connectivity index (χ2v) is 5.00. The van der Waals surface area contributed by atoms with Gasteiger partial charge in [-0.15, -0.1) is 12.6 Å². The first-order chi connectivity index (χ1) is 7.22. The van der Waals surface area contributed by atoms with Crippen LogP contribution in [0.25, 0.3) is 0 Å². The summed E-state index contributed by atoms with van der Waals surface area (Å²) in [6.07, 6.45) is 1.10. The summed E-state index contributed by atoms with van der Waals surface area (Å²) in [5.41, 5.74) is 15.9. The molecule has 0 aromatic carbocycles. The van der Waals surface area contributed by atoms with Gasteiger partial charge in [-0.2, -0.15) is 0 Å². The van der Waals surface area contributed by atoms with Gasteiger partial charge in [0.2, 0.25) is 0 Å². The van der Waals surface area contributed by atoms with E-state index < -0.39 is 16.9 Å². The maximum Gasteiger partial charge on any atom is 0.324 e. The zero-order valence-corrected chi connectivity index (χ0v) is 10.5. The minimum atomic E-state index is -0.811. The summed E-state index contributed by atoms with van der Waals surface area (Å²) >= 11 is 4.07. The number of thiol groups is 1. The van der Waals surface area contributed by atoms with Gasteiger partial charge in [-0.3, -0.25) is 9.79 Å². The van der Waals surface area contributed by atoms with Gasteiger partial charge in [-0.1, -0.05) is 0 Å². The van der Waals surface area contributed by atoms with Crippen LogP contribution in [-0.4, -0.2) is 29.4 Å². The average Bonchev–Trinajstić information content (AvgIpc) is 2.08. The minimum absolute atomic E-state index is 0.0349. The first-order valence-corrected chi connectivity index (χ1v) is 5.43. The first kappa shape index (κ1) is 15.0. The van der Waals surface area contributed by atoms with Gasteiger partial charge in [0.05, 0.1) is 0 Å². The third kappa shape index (κ3) is 8.37. The lowest BCUT2D eigenvalue weighted by atomic mass is 10.2. The van der Waals surface area contributed by atoms with E-state index in [1.807, 2.05) is 0 Å². The van der Waals surface area contributed by atoms with E-state index in [0.29, 0.717) is 19.4 Å². The average molecular weight is 248 g/mol. The quantitative estimate of drug-likeness (QED) is 0.127. The molecule has 0 aromatic rings. The lowest BCUT2D eigenvalue weighted by Gasteiger charge is -2.21. The Morgan fingerprint density at radius 3 is 2.50 bits per heavy atom. The molecule has 0 rings (SSSR count). The van der Waals surface area contributed by atoms with Crippen molar-refractivity contribution in [1.29, 1.82) is 0 Å². The maximum absolute atomic E-state index is 11.4. The molecule has 0 bridgehead atoms. The predicted molar refractivity (Wildman–Crippen MR) is 67.0 cm³/mol. The fraction of sp³-hybridized carbons (Fsp3) is 0.778. The minimum Gasteiger partial charge on any atom is -0.448 e. The Kier molecular flexibility index (Phi) is 6.20. The SMILES string of the molecule is CC(C)(S)OC(=O)C(N)CCCN=C(N)N. The second kappa shape index (κ2) is 6.59. The number of carbonyl (C=O) groups excluding carboxylic acids is 1. The number of hydrogen-bond donors (Lipinski definition) is 4. The highest BCUT2D eigenvalue weighted by Gasteiger charge is 2.22. The summed E-state index contributed by atoms with van der Waals surface area (Å²) in [6, 6.07) is -0.666. The van der Waals surface area contributed by atoms with Crippen LogP contribution >= 0.6 is 12.6 Å². The van der Waals surface area contributed by atoms with Crippen molar-refractivity contribution in [1.82, 2.24) is 0 Å². The molecule has 1 atom stereocenters. The molecule has 6 nitrogen and oxygen atoms in total. The fourth-order valence-electron chi connectivity index (χ4n) is 0.959. The Morgan fingerprint density at radius 1 is 1.50 bits per heavy atom. The van der Waals surface area contributed by atoms with Gasteiger partial charge in [0.25, 0.3) is 0 Å². The molecule has 0 amide bonds. The standard InChI is InChI=1S/C9H20N4O2S/c1-9(2,16)15-7(14)6(10)4-3-5-13-8(11)12/h6,16H,3-5,10H2,1-2H3,(H4,11,12,13). The molecule has 1 unspecified atom stereocenters. The van der Waals surface area contributed by atoms with Crippen molar-refractivity contribution in [2.75, 3.05) is 6.54 Å². The largest absolute Gasteiger partial charge is 0.448 e. The van der Waals surface area contributed by atoms with Gasteiger partial charge >= 0.3 is 5.97 Å². The molecule has 0 radical (unpaired) electrons. The Morgan fingerprint density at radius 2 is 2.06 bits per heavy atom. The van der Waals surface area contributed by atoms with Gasteiger partial charge in [0.1, 0.15) is 11.0 Å². The van der Waals surface area contributed by atoms with Gasteiger partial charge < -0.3 is 21.9 Å². The second-order valence-electron chi connectivity index (χ2n) is 3.92. The van der Waals surface area contributed by atoms with Gasteiger partial charge in [-0.25, -0.2) is 0 Å². The summed E-state index contributed by atoms with van der Waals surface area (Å²) in [7, 11) is 0. The number of esters is 1. The molecule has 7 heteroatoms. The number of guanidine groups is 1. The molecule has 0 fully saturated rings. The van der Waals surface area contributed by atoms with Gasteiger partial charge in [-0.05, 0) is 26.7 Å². The Bertz CT molecular complexity index is 259. The number of rotatable bonds is 6. The Balaban J connectivity index is 3.85. The van der Waals surface area contributed by atoms with Gasteiger partial charge in [0, 0.05) is 6.54 Å². The number of hydrogen-bond acceptors (Lipinski definition) is 5. The number of ether oxygens (including phenoxy) is 1. The van der Waals surface area contributed by atoms with Crippen LogP contribution < -0.4 is 17.2 Å². The monoisotopic (exact) mass is 248 g/mol. The van der Waals surface area contributed by atoms with E-state index in [4.69, 9.17) is 21.9 Å². The highest BCUT2D eigenvalue weighted by molar-refractivity contribution is 7.81. The third-order valence-electron chi connectivity index (χ3n) is 1.62. The van der Waals surface area contributed by atoms with Crippen LogP contribution in [-0.2, 0) is 9.53 Å². The highest BCUT2D eigenvalue weighted by atomic mass is 32.1. The van der Waals surface area contributed by atoms with Crippen LogP contribution in [0.15, 0.2) is 4.99 Å². The molecule has 0 aliphatic heterocycles. The van der Waals surface area contributed by atoms with Crippen molar-refractivity contribution in [2.45, 2.75) is 37.7 Å². The number of nitrogens with two attached hydrogens (primary N) is 3. The Hall–Kier alpha value is -0.950. The van der Waals surface area contributed by atoms with Crippen molar-refractivity contribution < 1.29 is 9.53 Å². The van der Waals surface area contributed by atoms with E-state index in [1.54, 1.807) is 13.8 Å². The van der Waals surface area contributed by atoms with E-state index >= 15 is 0 Å². The van der Waals surface area contributed by atoms with Gasteiger partial charge in [0.15, 0.2) is 5.96 Å². The highest BCUT2D eigenvalue weighted by Crippen LogP contribution is 2.14. The number of nitrogens with zero attached hydrogens (tertiary/aromatic N) is 1. The van der Waals surface area contributed by atoms with Crippen LogP contribution in [0.1, 0.15) is 26.7 Å². The molecule has 0 spiro atoms. The van der Waals surface area contributed by atoms with Crippen molar-refractivity contribution in [3.05, 3.63) is 0 Å². The maximum atomic E-state index is 11.4. The first-order valence-electron chi connectivity index (χ1n) is 4.98. The zero-order chi connectivity index (χ0) is 12.8. The van der Waals surface area contributed by atoms with Crippen LogP contribution in [0.4, 0.5) is 0 Å². The van der Waals surface area contributed by atoms with Crippen molar-refractivity contribution in [3.8, 4) is 0 Å².